The highest BCUT2D eigenvalue weighted by Gasteiger charge is 2.03. The van der Waals surface area contributed by atoms with Crippen molar-refractivity contribution in [2.45, 2.75) is 25.9 Å². The maximum absolute atomic E-state index is 9.08. The minimum atomic E-state index is 0.196. The standard InChI is InChI=1S/C13H18N2O/c1-2-12(9-16)15-8-10-3-4-13-11(7-10)5-6-14-13/h3-7,12,14-16H,2,8-9H2,1H3/t12-/m1/s1. The molecular formula is C13H18N2O. The Morgan fingerprint density at radius 1 is 1.38 bits per heavy atom. The van der Waals surface area contributed by atoms with E-state index in [1.807, 2.05) is 6.20 Å². The molecule has 0 unspecified atom stereocenters. The molecule has 0 radical (unpaired) electrons. The molecule has 1 atom stereocenters. The predicted octanol–water partition coefficient (Wildman–Crippen LogP) is 2.03. The van der Waals surface area contributed by atoms with Gasteiger partial charge in [-0.2, -0.15) is 0 Å². The molecule has 0 saturated carbocycles. The second-order valence-electron chi connectivity index (χ2n) is 4.07. The number of hydrogen-bond donors (Lipinski definition) is 3. The van der Waals surface area contributed by atoms with Crippen LogP contribution in [0.15, 0.2) is 30.5 Å². The van der Waals surface area contributed by atoms with Crippen molar-refractivity contribution in [3.8, 4) is 0 Å². The molecule has 3 heteroatoms. The highest BCUT2D eigenvalue weighted by molar-refractivity contribution is 5.79. The Morgan fingerprint density at radius 2 is 2.25 bits per heavy atom. The van der Waals surface area contributed by atoms with Gasteiger partial charge in [0.1, 0.15) is 0 Å². The Hall–Kier alpha value is -1.32. The van der Waals surface area contributed by atoms with Gasteiger partial charge in [-0.15, -0.1) is 0 Å². The lowest BCUT2D eigenvalue weighted by molar-refractivity contribution is 0.238. The number of rotatable bonds is 5. The van der Waals surface area contributed by atoms with Crippen LogP contribution in [0.1, 0.15) is 18.9 Å². The molecule has 0 aliphatic heterocycles. The number of aliphatic hydroxyl groups is 1. The zero-order chi connectivity index (χ0) is 11.4. The van der Waals surface area contributed by atoms with E-state index in [2.05, 4.69) is 41.5 Å². The van der Waals surface area contributed by atoms with E-state index in [1.165, 1.54) is 10.9 Å². The van der Waals surface area contributed by atoms with Gasteiger partial charge < -0.3 is 15.4 Å². The van der Waals surface area contributed by atoms with E-state index in [9.17, 15) is 0 Å². The first-order chi connectivity index (χ1) is 7.83. The van der Waals surface area contributed by atoms with Gasteiger partial charge in [-0.05, 0) is 35.6 Å². The summed E-state index contributed by atoms with van der Waals surface area (Å²) in [6.07, 6.45) is 2.90. The van der Waals surface area contributed by atoms with Crippen LogP contribution in [-0.2, 0) is 6.54 Å². The second kappa shape index (κ2) is 5.14. The minimum absolute atomic E-state index is 0.196. The molecule has 3 N–H and O–H groups in total. The van der Waals surface area contributed by atoms with E-state index in [-0.39, 0.29) is 12.6 Å². The normalized spacial score (nSPS) is 13.1. The summed E-state index contributed by atoms with van der Waals surface area (Å²) in [4.78, 5) is 3.17. The van der Waals surface area contributed by atoms with Gasteiger partial charge >= 0.3 is 0 Å². The highest BCUT2D eigenvalue weighted by Crippen LogP contribution is 2.14. The molecule has 2 aromatic rings. The molecule has 1 aromatic heterocycles. The summed E-state index contributed by atoms with van der Waals surface area (Å²) in [5.41, 5.74) is 2.41. The smallest absolute Gasteiger partial charge is 0.0584 e. The molecule has 3 nitrogen and oxygen atoms in total. The molecule has 86 valence electrons. The van der Waals surface area contributed by atoms with Crippen LogP contribution in [0.25, 0.3) is 10.9 Å². The SMILES string of the molecule is CC[C@H](CO)NCc1ccc2[nH]ccc2c1. The van der Waals surface area contributed by atoms with Crippen LogP contribution < -0.4 is 5.32 Å². The Balaban J connectivity index is 2.03. The zero-order valence-electron chi connectivity index (χ0n) is 9.53. The van der Waals surface area contributed by atoms with E-state index >= 15 is 0 Å². The first-order valence-electron chi connectivity index (χ1n) is 5.73. The third-order valence-corrected chi connectivity index (χ3v) is 2.93. The summed E-state index contributed by atoms with van der Waals surface area (Å²) in [6, 6.07) is 8.63. The Morgan fingerprint density at radius 3 is 3.00 bits per heavy atom. The monoisotopic (exact) mass is 218 g/mol. The number of nitrogens with one attached hydrogen (secondary N) is 2. The maximum Gasteiger partial charge on any atom is 0.0584 e. The molecule has 0 bridgehead atoms. The number of aromatic amines is 1. The van der Waals surface area contributed by atoms with Gasteiger partial charge in [0.05, 0.1) is 6.61 Å². The molecular weight excluding hydrogens is 200 g/mol. The summed E-state index contributed by atoms with van der Waals surface area (Å²) in [7, 11) is 0. The Bertz CT molecular complexity index is 446. The fourth-order valence-electron chi connectivity index (χ4n) is 1.81. The second-order valence-corrected chi connectivity index (χ2v) is 4.07. The van der Waals surface area contributed by atoms with E-state index in [4.69, 9.17) is 5.11 Å². The van der Waals surface area contributed by atoms with Gasteiger partial charge in [0.15, 0.2) is 0 Å². The van der Waals surface area contributed by atoms with Gasteiger partial charge in [0, 0.05) is 24.3 Å². The summed E-state index contributed by atoms with van der Waals surface area (Å²) in [6.45, 7) is 3.08. The average molecular weight is 218 g/mol. The van der Waals surface area contributed by atoms with Gasteiger partial charge in [-0.25, -0.2) is 0 Å². The fourth-order valence-corrected chi connectivity index (χ4v) is 1.81. The van der Waals surface area contributed by atoms with E-state index in [1.54, 1.807) is 0 Å². The maximum atomic E-state index is 9.08. The van der Waals surface area contributed by atoms with Gasteiger partial charge in [0.25, 0.3) is 0 Å². The van der Waals surface area contributed by atoms with Gasteiger partial charge in [-0.1, -0.05) is 13.0 Å². The van der Waals surface area contributed by atoms with Crippen LogP contribution in [0.2, 0.25) is 0 Å². The summed E-state index contributed by atoms with van der Waals surface area (Å²) < 4.78 is 0. The van der Waals surface area contributed by atoms with Gasteiger partial charge in [-0.3, -0.25) is 0 Å². The molecule has 2 rings (SSSR count). The van der Waals surface area contributed by atoms with Crippen molar-refractivity contribution in [3.05, 3.63) is 36.0 Å². The van der Waals surface area contributed by atoms with Crippen LogP contribution in [0.3, 0.4) is 0 Å². The molecule has 0 aliphatic carbocycles. The van der Waals surface area contributed by atoms with E-state index < -0.39 is 0 Å². The summed E-state index contributed by atoms with van der Waals surface area (Å²) in [5.74, 6) is 0. The van der Waals surface area contributed by atoms with Crippen molar-refractivity contribution in [2.75, 3.05) is 6.61 Å². The number of hydrogen-bond acceptors (Lipinski definition) is 2. The number of fused-ring (bicyclic) bond motifs is 1. The minimum Gasteiger partial charge on any atom is -0.395 e. The summed E-state index contributed by atoms with van der Waals surface area (Å²) in [5, 5.41) is 13.6. The lowest BCUT2D eigenvalue weighted by Gasteiger charge is -2.13. The Kier molecular flexibility index (Phi) is 3.59. The Labute approximate surface area is 95.5 Å². The van der Waals surface area contributed by atoms with Crippen molar-refractivity contribution in [2.24, 2.45) is 0 Å². The van der Waals surface area contributed by atoms with Crippen molar-refractivity contribution >= 4 is 10.9 Å². The summed E-state index contributed by atoms with van der Waals surface area (Å²) >= 11 is 0. The largest absolute Gasteiger partial charge is 0.395 e. The first-order valence-corrected chi connectivity index (χ1v) is 5.73. The number of H-pyrrole nitrogens is 1. The lowest BCUT2D eigenvalue weighted by Crippen LogP contribution is -2.31. The number of aromatic nitrogens is 1. The fraction of sp³-hybridized carbons (Fsp3) is 0.385. The van der Waals surface area contributed by atoms with Crippen LogP contribution in [0.4, 0.5) is 0 Å². The third-order valence-electron chi connectivity index (χ3n) is 2.93. The zero-order valence-corrected chi connectivity index (χ0v) is 9.53. The van der Waals surface area contributed by atoms with Crippen LogP contribution in [-0.4, -0.2) is 22.7 Å². The van der Waals surface area contributed by atoms with Crippen molar-refractivity contribution in [1.82, 2.24) is 10.3 Å². The third kappa shape index (κ3) is 2.43. The molecule has 0 spiro atoms. The molecule has 0 fully saturated rings. The molecule has 1 heterocycles. The number of aliphatic hydroxyl groups excluding tert-OH is 1. The van der Waals surface area contributed by atoms with Gasteiger partial charge in [0.2, 0.25) is 0 Å². The first kappa shape index (κ1) is 11.2. The number of benzene rings is 1. The lowest BCUT2D eigenvalue weighted by atomic mass is 10.1. The van der Waals surface area contributed by atoms with Crippen molar-refractivity contribution < 1.29 is 5.11 Å². The van der Waals surface area contributed by atoms with Crippen molar-refractivity contribution in [3.63, 3.8) is 0 Å². The molecule has 0 aliphatic rings. The van der Waals surface area contributed by atoms with Crippen LogP contribution in [0, 0.1) is 0 Å². The van der Waals surface area contributed by atoms with Crippen LogP contribution >= 0.6 is 0 Å². The molecule has 0 amide bonds. The highest BCUT2D eigenvalue weighted by atomic mass is 16.3. The van der Waals surface area contributed by atoms with Crippen LogP contribution in [0.5, 0.6) is 0 Å². The molecule has 1 aromatic carbocycles. The van der Waals surface area contributed by atoms with Crippen molar-refractivity contribution in [1.29, 1.82) is 0 Å². The molecule has 16 heavy (non-hydrogen) atoms. The van der Waals surface area contributed by atoms with E-state index in [0.717, 1.165) is 18.5 Å². The van der Waals surface area contributed by atoms with E-state index in [0.29, 0.717) is 0 Å². The average Bonchev–Trinajstić information content (AvgIpc) is 2.77. The topological polar surface area (TPSA) is 48.0 Å². The molecule has 0 saturated heterocycles. The predicted molar refractivity (Wildman–Crippen MR) is 66.3 cm³/mol. The quantitative estimate of drug-likeness (QED) is 0.719.